The number of nitro groups is 1. The number of ether oxygens (including phenoxy) is 2. The van der Waals surface area contributed by atoms with Gasteiger partial charge in [0.05, 0.1) is 18.6 Å². The zero-order valence-electron chi connectivity index (χ0n) is 12.5. The maximum atomic E-state index is 10.7. The normalized spacial score (nSPS) is 13.2. The van der Waals surface area contributed by atoms with Gasteiger partial charge in [-0.3, -0.25) is 15.1 Å². The van der Waals surface area contributed by atoms with Gasteiger partial charge in [-0.25, -0.2) is 0 Å². The third-order valence-electron chi connectivity index (χ3n) is 3.39. The van der Waals surface area contributed by atoms with Crippen molar-refractivity contribution in [3.63, 3.8) is 0 Å². The number of aliphatic imine (C=N–C) groups is 1. The minimum Gasteiger partial charge on any atom is -0.493 e. The van der Waals surface area contributed by atoms with Crippen molar-refractivity contribution in [2.24, 2.45) is 4.99 Å². The highest BCUT2D eigenvalue weighted by Crippen LogP contribution is 2.33. The van der Waals surface area contributed by atoms with Gasteiger partial charge in [0.1, 0.15) is 11.6 Å². The molecule has 0 radical (unpaired) electrons. The van der Waals surface area contributed by atoms with Crippen LogP contribution in [0, 0.1) is 10.1 Å². The Morgan fingerprint density at radius 2 is 1.96 bits per heavy atom. The fourth-order valence-electron chi connectivity index (χ4n) is 2.25. The number of amidine groups is 1. The van der Waals surface area contributed by atoms with Gasteiger partial charge in [0.2, 0.25) is 0 Å². The third kappa shape index (κ3) is 3.23. The standard InChI is InChI=1S/C16H15N3O4/c1-22-15-10-11(16-17-8-9-18-16)2-7-14(15)23-13-5-3-12(4-6-13)19(20)21/h2-7,10H,8-9H2,1H3,(H,17,18). The highest BCUT2D eigenvalue weighted by Gasteiger charge is 2.13. The topological polar surface area (TPSA) is 86.0 Å². The molecule has 0 saturated heterocycles. The molecule has 1 N–H and O–H groups in total. The van der Waals surface area contributed by atoms with Gasteiger partial charge in [0.25, 0.3) is 5.69 Å². The van der Waals surface area contributed by atoms with Gasteiger partial charge in [0, 0.05) is 24.2 Å². The molecule has 0 atom stereocenters. The molecule has 23 heavy (non-hydrogen) atoms. The SMILES string of the molecule is COc1cc(C2=NCCN2)ccc1Oc1ccc([N+](=O)[O-])cc1. The number of hydrogen-bond acceptors (Lipinski definition) is 6. The Morgan fingerprint density at radius 3 is 2.57 bits per heavy atom. The molecule has 0 fully saturated rings. The number of benzene rings is 2. The van der Waals surface area contributed by atoms with Gasteiger partial charge in [-0.15, -0.1) is 0 Å². The van der Waals surface area contributed by atoms with Crippen LogP contribution in [0.15, 0.2) is 47.5 Å². The Labute approximate surface area is 132 Å². The molecule has 1 aliphatic heterocycles. The van der Waals surface area contributed by atoms with Crippen LogP contribution in [0.25, 0.3) is 0 Å². The summed E-state index contributed by atoms with van der Waals surface area (Å²) in [6, 6.07) is 11.4. The van der Waals surface area contributed by atoms with Gasteiger partial charge in [-0.05, 0) is 30.3 Å². The van der Waals surface area contributed by atoms with Gasteiger partial charge in [-0.2, -0.15) is 0 Å². The van der Waals surface area contributed by atoms with E-state index in [4.69, 9.17) is 9.47 Å². The summed E-state index contributed by atoms with van der Waals surface area (Å²) in [6.07, 6.45) is 0. The summed E-state index contributed by atoms with van der Waals surface area (Å²) in [7, 11) is 1.56. The Morgan fingerprint density at radius 1 is 1.17 bits per heavy atom. The molecule has 0 amide bonds. The molecular weight excluding hydrogens is 298 g/mol. The van der Waals surface area contributed by atoms with Gasteiger partial charge in [0.15, 0.2) is 11.5 Å². The molecule has 0 aliphatic carbocycles. The smallest absolute Gasteiger partial charge is 0.269 e. The number of rotatable bonds is 5. The maximum absolute atomic E-state index is 10.7. The predicted octanol–water partition coefficient (Wildman–Crippen LogP) is 2.75. The van der Waals surface area contributed by atoms with Crippen molar-refractivity contribution in [2.75, 3.05) is 20.2 Å². The third-order valence-corrected chi connectivity index (χ3v) is 3.39. The van der Waals surface area contributed by atoms with Crippen LogP contribution in [0.2, 0.25) is 0 Å². The molecule has 3 rings (SSSR count). The van der Waals surface area contributed by atoms with E-state index < -0.39 is 4.92 Å². The number of hydrogen-bond donors (Lipinski definition) is 1. The summed E-state index contributed by atoms with van der Waals surface area (Å²) in [6.45, 7) is 1.59. The average Bonchev–Trinajstić information content (AvgIpc) is 3.10. The first kappa shape index (κ1) is 14.8. The van der Waals surface area contributed by atoms with Crippen LogP contribution in [-0.4, -0.2) is 31.0 Å². The minimum atomic E-state index is -0.450. The fourth-order valence-corrected chi connectivity index (χ4v) is 2.25. The summed E-state index contributed by atoms with van der Waals surface area (Å²) in [5.41, 5.74) is 0.945. The lowest BCUT2D eigenvalue weighted by Crippen LogP contribution is -2.19. The van der Waals surface area contributed by atoms with Crippen molar-refractivity contribution < 1.29 is 14.4 Å². The second-order valence-electron chi connectivity index (χ2n) is 4.88. The van der Waals surface area contributed by atoms with Crippen LogP contribution in [-0.2, 0) is 0 Å². The number of nitrogens with one attached hydrogen (secondary N) is 1. The summed E-state index contributed by atoms with van der Waals surface area (Å²) in [5.74, 6) is 2.43. The minimum absolute atomic E-state index is 0.0185. The lowest BCUT2D eigenvalue weighted by atomic mass is 10.2. The molecule has 0 unspecified atom stereocenters. The van der Waals surface area contributed by atoms with Crippen molar-refractivity contribution in [1.29, 1.82) is 0 Å². The molecule has 7 heteroatoms. The Hall–Kier alpha value is -3.09. The molecule has 0 aromatic heterocycles. The fraction of sp³-hybridized carbons (Fsp3) is 0.188. The summed E-state index contributed by atoms with van der Waals surface area (Å²) < 4.78 is 11.1. The first-order valence-corrected chi connectivity index (χ1v) is 7.06. The van der Waals surface area contributed by atoms with Crippen molar-refractivity contribution in [1.82, 2.24) is 5.32 Å². The number of nitro benzene ring substituents is 1. The zero-order valence-corrected chi connectivity index (χ0v) is 12.5. The molecule has 2 aromatic rings. The van der Waals surface area contributed by atoms with Gasteiger partial charge < -0.3 is 14.8 Å². The number of nitrogens with zero attached hydrogens (tertiary/aromatic N) is 2. The second kappa shape index (κ2) is 6.35. The lowest BCUT2D eigenvalue weighted by Gasteiger charge is -2.12. The molecule has 2 aromatic carbocycles. The van der Waals surface area contributed by atoms with E-state index in [1.807, 2.05) is 12.1 Å². The second-order valence-corrected chi connectivity index (χ2v) is 4.88. The van der Waals surface area contributed by atoms with Crippen LogP contribution in [0.4, 0.5) is 5.69 Å². The molecule has 1 aliphatic rings. The Balaban J connectivity index is 1.83. The number of non-ortho nitro benzene ring substituents is 1. The van der Waals surface area contributed by atoms with E-state index in [9.17, 15) is 10.1 Å². The van der Waals surface area contributed by atoms with Crippen LogP contribution >= 0.6 is 0 Å². The van der Waals surface area contributed by atoms with E-state index in [1.54, 1.807) is 25.3 Å². The molecule has 7 nitrogen and oxygen atoms in total. The van der Waals surface area contributed by atoms with E-state index >= 15 is 0 Å². The van der Waals surface area contributed by atoms with E-state index in [-0.39, 0.29) is 5.69 Å². The molecule has 0 bridgehead atoms. The van der Waals surface area contributed by atoms with Crippen LogP contribution in [0.3, 0.4) is 0 Å². The summed E-state index contributed by atoms with van der Waals surface area (Å²) in [4.78, 5) is 14.6. The van der Waals surface area contributed by atoms with Crippen LogP contribution in [0.1, 0.15) is 5.56 Å². The van der Waals surface area contributed by atoms with Gasteiger partial charge >= 0.3 is 0 Å². The molecule has 0 spiro atoms. The predicted molar refractivity (Wildman–Crippen MR) is 85.6 cm³/mol. The molecular formula is C16H15N3O4. The van der Waals surface area contributed by atoms with Crippen molar-refractivity contribution in [3.8, 4) is 17.2 Å². The largest absolute Gasteiger partial charge is 0.493 e. The maximum Gasteiger partial charge on any atom is 0.269 e. The van der Waals surface area contributed by atoms with Crippen molar-refractivity contribution >= 4 is 11.5 Å². The summed E-state index contributed by atoms with van der Waals surface area (Å²) in [5, 5.41) is 13.9. The zero-order chi connectivity index (χ0) is 16.2. The number of methoxy groups -OCH3 is 1. The van der Waals surface area contributed by atoms with Crippen LogP contribution in [0.5, 0.6) is 17.2 Å². The van der Waals surface area contributed by atoms with E-state index in [1.165, 1.54) is 12.1 Å². The monoisotopic (exact) mass is 313 g/mol. The molecule has 118 valence electrons. The van der Waals surface area contributed by atoms with Crippen molar-refractivity contribution in [3.05, 3.63) is 58.1 Å². The average molecular weight is 313 g/mol. The lowest BCUT2D eigenvalue weighted by molar-refractivity contribution is -0.384. The first-order chi connectivity index (χ1) is 11.2. The van der Waals surface area contributed by atoms with Gasteiger partial charge in [-0.1, -0.05) is 0 Å². The summed E-state index contributed by atoms with van der Waals surface area (Å²) >= 11 is 0. The molecule has 1 heterocycles. The van der Waals surface area contributed by atoms with Crippen molar-refractivity contribution in [2.45, 2.75) is 0 Å². The Bertz CT molecular complexity index is 756. The Kier molecular flexibility index (Phi) is 4.09. The molecule has 0 saturated carbocycles. The quantitative estimate of drug-likeness (QED) is 0.677. The first-order valence-electron chi connectivity index (χ1n) is 7.06. The van der Waals surface area contributed by atoms with E-state index in [0.717, 1.165) is 24.5 Å². The van der Waals surface area contributed by atoms with Crippen LogP contribution < -0.4 is 14.8 Å². The highest BCUT2D eigenvalue weighted by molar-refractivity contribution is 6.00. The van der Waals surface area contributed by atoms with E-state index in [0.29, 0.717) is 17.2 Å². The van der Waals surface area contributed by atoms with E-state index in [2.05, 4.69) is 10.3 Å². The highest BCUT2D eigenvalue weighted by atomic mass is 16.6.